The van der Waals surface area contributed by atoms with Crippen molar-refractivity contribution < 1.29 is 23.5 Å². The second-order valence-electron chi connectivity index (χ2n) is 7.67. The number of carbonyl (C=O) groups is 2. The number of hydrogen-bond acceptors (Lipinski definition) is 7. The number of halogens is 1. The average Bonchev–Trinajstić information content (AvgIpc) is 3.50. The summed E-state index contributed by atoms with van der Waals surface area (Å²) in [5.74, 6) is 0.355. The highest BCUT2D eigenvalue weighted by atomic mass is 19.1. The van der Waals surface area contributed by atoms with Crippen LogP contribution in [0.15, 0.2) is 54.9 Å². The zero-order valence-electron chi connectivity index (χ0n) is 17.7. The average molecular weight is 454 g/mol. The van der Waals surface area contributed by atoms with Crippen LogP contribution < -0.4 is 10.5 Å². The summed E-state index contributed by atoms with van der Waals surface area (Å²) in [6.07, 6.45) is 0.445. The molecule has 33 heavy (non-hydrogen) atoms. The van der Waals surface area contributed by atoms with Crippen molar-refractivity contribution in [2.75, 3.05) is 19.7 Å². The quantitative estimate of drug-likeness (QED) is 0.552. The molecular weight excluding hydrogens is 431 g/mol. The summed E-state index contributed by atoms with van der Waals surface area (Å²) < 4.78 is 23.9. The number of hydrogen-bond donors (Lipinski definition) is 1. The van der Waals surface area contributed by atoms with Gasteiger partial charge in [-0.2, -0.15) is 4.80 Å². The first-order chi connectivity index (χ1) is 16.0. The lowest BCUT2D eigenvalue weighted by molar-refractivity contribution is 0.0559. The van der Waals surface area contributed by atoms with Crippen molar-refractivity contribution >= 4 is 12.0 Å². The number of aromatic nitrogens is 4. The lowest BCUT2D eigenvalue weighted by Gasteiger charge is -2.18. The molecular formula is C22H23FN6O4. The molecule has 4 rings (SSSR count). The first-order valence-corrected chi connectivity index (χ1v) is 10.4. The highest BCUT2D eigenvalue weighted by Crippen LogP contribution is 2.28. The normalized spacial score (nSPS) is 16.4. The molecule has 2 heterocycles. The standard InChI is InChI=1S/C22H23FN6O4/c23-18-5-1-15(2-6-18)17-9-10-28(11-17)21(30)16-3-7-19(8-4-16)32-13-20(33-22(24)31)12-29-26-14-25-27-29/h1-8,14,17,20H,9-13H2,(H2,24,31)/t17-,20+/m0/s1. The maximum absolute atomic E-state index is 13.2. The number of nitrogens with two attached hydrogens (primary N) is 1. The van der Waals surface area contributed by atoms with Crippen molar-refractivity contribution in [2.45, 2.75) is 25.0 Å². The van der Waals surface area contributed by atoms with Crippen LogP contribution in [-0.4, -0.2) is 62.9 Å². The van der Waals surface area contributed by atoms with Crippen LogP contribution in [-0.2, 0) is 11.3 Å². The molecule has 1 aliphatic rings. The van der Waals surface area contributed by atoms with Crippen molar-refractivity contribution in [2.24, 2.45) is 5.73 Å². The predicted octanol–water partition coefficient (Wildman–Crippen LogP) is 1.98. The Labute approximate surface area is 189 Å². The Balaban J connectivity index is 1.32. The van der Waals surface area contributed by atoms with Gasteiger partial charge in [-0.05, 0) is 53.6 Å². The van der Waals surface area contributed by atoms with Crippen molar-refractivity contribution in [3.8, 4) is 5.75 Å². The zero-order chi connectivity index (χ0) is 23.2. The van der Waals surface area contributed by atoms with Crippen LogP contribution in [0.3, 0.4) is 0 Å². The Kier molecular flexibility index (Phi) is 6.77. The largest absolute Gasteiger partial charge is 0.490 e. The van der Waals surface area contributed by atoms with E-state index in [2.05, 4.69) is 15.4 Å². The van der Waals surface area contributed by atoms with E-state index in [1.54, 1.807) is 41.3 Å². The van der Waals surface area contributed by atoms with Crippen LogP contribution >= 0.6 is 0 Å². The molecule has 10 nitrogen and oxygen atoms in total. The second-order valence-corrected chi connectivity index (χ2v) is 7.67. The molecule has 0 aliphatic carbocycles. The number of carbonyl (C=O) groups excluding carboxylic acids is 2. The van der Waals surface area contributed by atoms with E-state index >= 15 is 0 Å². The van der Waals surface area contributed by atoms with E-state index in [4.69, 9.17) is 15.2 Å². The summed E-state index contributed by atoms with van der Waals surface area (Å²) in [5.41, 5.74) is 6.69. The molecule has 0 radical (unpaired) electrons. The Morgan fingerprint density at radius 1 is 1.15 bits per heavy atom. The van der Waals surface area contributed by atoms with E-state index in [9.17, 15) is 14.0 Å². The van der Waals surface area contributed by atoms with Crippen LogP contribution in [0.2, 0.25) is 0 Å². The number of benzene rings is 2. The first kappa shape index (κ1) is 22.2. The van der Waals surface area contributed by atoms with Gasteiger partial charge in [-0.25, -0.2) is 9.18 Å². The molecule has 2 amide bonds. The molecule has 2 N–H and O–H groups in total. The highest BCUT2D eigenvalue weighted by Gasteiger charge is 2.28. The van der Waals surface area contributed by atoms with Gasteiger partial charge in [0, 0.05) is 24.6 Å². The molecule has 0 spiro atoms. The minimum atomic E-state index is -0.936. The van der Waals surface area contributed by atoms with E-state index in [0.29, 0.717) is 24.4 Å². The Morgan fingerprint density at radius 2 is 1.91 bits per heavy atom. The zero-order valence-corrected chi connectivity index (χ0v) is 17.7. The molecule has 11 heteroatoms. The van der Waals surface area contributed by atoms with E-state index < -0.39 is 12.2 Å². The lowest BCUT2D eigenvalue weighted by Crippen LogP contribution is -2.32. The molecule has 3 aromatic rings. The molecule has 0 bridgehead atoms. The lowest BCUT2D eigenvalue weighted by atomic mass is 9.99. The van der Waals surface area contributed by atoms with Gasteiger partial charge in [0.15, 0.2) is 12.4 Å². The number of primary amides is 1. The molecule has 1 aliphatic heterocycles. The summed E-state index contributed by atoms with van der Waals surface area (Å²) in [6, 6.07) is 13.2. The fourth-order valence-corrected chi connectivity index (χ4v) is 3.76. The Bertz CT molecular complexity index is 1080. The number of ether oxygens (including phenoxy) is 2. The van der Waals surface area contributed by atoms with Crippen molar-refractivity contribution in [1.82, 2.24) is 25.1 Å². The van der Waals surface area contributed by atoms with Gasteiger partial charge in [0.25, 0.3) is 5.91 Å². The number of amides is 2. The maximum atomic E-state index is 13.2. The van der Waals surface area contributed by atoms with Crippen LogP contribution in [0, 0.1) is 5.82 Å². The van der Waals surface area contributed by atoms with E-state index in [-0.39, 0.29) is 30.8 Å². The summed E-state index contributed by atoms with van der Waals surface area (Å²) in [4.78, 5) is 27.1. The minimum Gasteiger partial charge on any atom is -0.490 e. The Hall–Kier alpha value is -4.02. The molecule has 1 aromatic heterocycles. The van der Waals surface area contributed by atoms with E-state index in [1.807, 2.05) is 0 Å². The van der Waals surface area contributed by atoms with Gasteiger partial charge in [0.1, 0.15) is 24.7 Å². The molecule has 1 saturated heterocycles. The smallest absolute Gasteiger partial charge is 0.404 e. The summed E-state index contributed by atoms with van der Waals surface area (Å²) >= 11 is 0. The molecule has 1 fully saturated rings. The Morgan fingerprint density at radius 3 is 2.58 bits per heavy atom. The van der Waals surface area contributed by atoms with Crippen molar-refractivity contribution in [1.29, 1.82) is 0 Å². The third kappa shape index (κ3) is 5.82. The number of nitrogens with zero attached hydrogens (tertiary/aromatic N) is 5. The van der Waals surface area contributed by atoms with Gasteiger partial charge >= 0.3 is 6.09 Å². The second kappa shape index (κ2) is 10.1. The number of rotatable bonds is 8. The molecule has 0 saturated carbocycles. The van der Waals surface area contributed by atoms with Crippen molar-refractivity contribution in [3.05, 3.63) is 71.8 Å². The highest BCUT2D eigenvalue weighted by molar-refractivity contribution is 5.94. The third-order valence-electron chi connectivity index (χ3n) is 5.40. The van der Waals surface area contributed by atoms with Crippen molar-refractivity contribution in [3.63, 3.8) is 0 Å². The topological polar surface area (TPSA) is 125 Å². The number of tetrazole rings is 1. The molecule has 2 atom stereocenters. The molecule has 0 unspecified atom stereocenters. The fraction of sp³-hybridized carbons (Fsp3) is 0.318. The SMILES string of the molecule is NC(=O)O[C@@H](COc1ccc(C(=O)N2CC[C@H](c3ccc(F)cc3)C2)cc1)Cn1ncnn1. The van der Waals surface area contributed by atoms with Gasteiger partial charge < -0.3 is 20.1 Å². The van der Waals surface area contributed by atoms with E-state index in [1.165, 1.54) is 23.3 Å². The van der Waals surface area contributed by atoms with Crippen LogP contribution in [0.5, 0.6) is 5.75 Å². The van der Waals surface area contributed by atoms with Gasteiger partial charge in [-0.1, -0.05) is 12.1 Å². The third-order valence-corrected chi connectivity index (χ3v) is 5.40. The van der Waals surface area contributed by atoms with Gasteiger partial charge in [0.05, 0.1) is 0 Å². The monoisotopic (exact) mass is 454 g/mol. The molecule has 172 valence electrons. The van der Waals surface area contributed by atoms with Crippen LogP contribution in [0.25, 0.3) is 0 Å². The number of likely N-dealkylation sites (tertiary alicyclic amines) is 1. The first-order valence-electron chi connectivity index (χ1n) is 10.4. The van der Waals surface area contributed by atoms with Gasteiger partial charge in [-0.3, -0.25) is 4.79 Å². The van der Waals surface area contributed by atoms with Gasteiger partial charge in [-0.15, -0.1) is 10.2 Å². The summed E-state index contributed by atoms with van der Waals surface area (Å²) in [7, 11) is 0. The minimum absolute atomic E-state index is 0.0171. The van der Waals surface area contributed by atoms with E-state index in [0.717, 1.165) is 12.0 Å². The van der Waals surface area contributed by atoms with Gasteiger partial charge in [0.2, 0.25) is 0 Å². The maximum Gasteiger partial charge on any atom is 0.404 e. The summed E-state index contributed by atoms with van der Waals surface area (Å²) in [5, 5.41) is 11.2. The van der Waals surface area contributed by atoms with Crippen LogP contribution in [0.4, 0.5) is 9.18 Å². The fourth-order valence-electron chi connectivity index (χ4n) is 3.76. The molecule has 2 aromatic carbocycles. The predicted molar refractivity (Wildman–Crippen MR) is 114 cm³/mol. The van der Waals surface area contributed by atoms with Crippen LogP contribution in [0.1, 0.15) is 28.3 Å². The summed E-state index contributed by atoms with van der Waals surface area (Å²) in [6.45, 7) is 1.37.